The van der Waals surface area contributed by atoms with Crippen LogP contribution in [0.25, 0.3) is 22.2 Å². The topological polar surface area (TPSA) is 112 Å². The summed E-state index contributed by atoms with van der Waals surface area (Å²) in [4.78, 5) is 43.4. The number of carbonyl (C=O) groups is 3. The second kappa shape index (κ2) is 10.1. The van der Waals surface area contributed by atoms with E-state index in [9.17, 15) is 14.4 Å². The van der Waals surface area contributed by atoms with Gasteiger partial charge in [-0.25, -0.2) is 14.6 Å². The molecule has 1 amide bonds. The Morgan fingerprint density at radius 2 is 1.91 bits per heavy atom. The largest absolute Gasteiger partial charge is 0.465 e. The number of rotatable bonds is 7. The number of nitrogens with one attached hydrogen (secondary N) is 1. The average Bonchev–Trinajstić information content (AvgIpc) is 3.47. The maximum Gasteiger partial charge on any atom is 0.348 e. The van der Waals surface area contributed by atoms with Crippen molar-refractivity contribution in [2.24, 2.45) is 0 Å². The highest BCUT2D eigenvalue weighted by molar-refractivity contribution is 7.18. The molecule has 1 N–H and O–H groups in total. The monoisotopic (exact) mass is 492 g/mol. The van der Waals surface area contributed by atoms with Crippen LogP contribution in [0.15, 0.2) is 42.7 Å². The van der Waals surface area contributed by atoms with Crippen molar-refractivity contribution in [2.45, 2.75) is 27.3 Å². The number of thiophene rings is 1. The summed E-state index contributed by atoms with van der Waals surface area (Å²) in [5.41, 5.74) is 2.89. The number of amides is 1. The van der Waals surface area contributed by atoms with E-state index in [2.05, 4.69) is 10.4 Å². The molecule has 0 unspecified atom stereocenters. The van der Waals surface area contributed by atoms with Crippen molar-refractivity contribution in [3.63, 3.8) is 0 Å². The average molecular weight is 493 g/mol. The number of esters is 2. The van der Waals surface area contributed by atoms with E-state index in [0.717, 1.165) is 16.9 Å². The minimum absolute atomic E-state index is 0.122. The maximum atomic E-state index is 13.5. The Hall–Kier alpha value is -4.05. The minimum atomic E-state index is -0.656. The van der Waals surface area contributed by atoms with Gasteiger partial charge in [-0.3, -0.25) is 9.48 Å². The molecule has 0 radical (unpaired) electrons. The molecule has 0 saturated carbocycles. The molecule has 0 spiro atoms. The van der Waals surface area contributed by atoms with Crippen LogP contribution in [0, 0.1) is 6.92 Å². The lowest BCUT2D eigenvalue weighted by molar-refractivity contribution is 0.0531. The first kappa shape index (κ1) is 24.1. The first-order valence-electron chi connectivity index (χ1n) is 11.0. The van der Waals surface area contributed by atoms with Crippen LogP contribution in [0.1, 0.15) is 49.8 Å². The lowest BCUT2D eigenvalue weighted by Crippen LogP contribution is -2.15. The number of fused-ring (bicyclic) bond motifs is 1. The van der Waals surface area contributed by atoms with Crippen LogP contribution in [0.3, 0.4) is 0 Å². The second-order valence-electron chi connectivity index (χ2n) is 7.58. The van der Waals surface area contributed by atoms with Crippen molar-refractivity contribution in [1.82, 2.24) is 14.8 Å². The molecule has 10 heteroatoms. The molecule has 0 aliphatic heterocycles. The van der Waals surface area contributed by atoms with E-state index in [-0.39, 0.29) is 22.0 Å². The van der Waals surface area contributed by atoms with Gasteiger partial charge in [-0.2, -0.15) is 5.10 Å². The van der Waals surface area contributed by atoms with E-state index in [1.807, 2.05) is 31.3 Å². The molecular weight excluding hydrogens is 468 g/mol. The first-order chi connectivity index (χ1) is 16.9. The van der Waals surface area contributed by atoms with Crippen molar-refractivity contribution in [2.75, 3.05) is 19.0 Å². The first-order valence-corrected chi connectivity index (χ1v) is 11.8. The zero-order valence-corrected chi connectivity index (χ0v) is 20.6. The van der Waals surface area contributed by atoms with Gasteiger partial charge >= 0.3 is 11.9 Å². The standard InChI is InChI=1S/C25H24N4O5S/c1-5-29-13-15(12-26-29)19-11-17(16-9-7-8-10-18(16)27-19)22(30)28-23-20(24(31)33-4)14(3)21(35-23)25(32)34-6-2/h7-13H,5-6H2,1-4H3,(H,28,30). The summed E-state index contributed by atoms with van der Waals surface area (Å²) in [6, 6.07) is 9.00. The number of aryl methyl sites for hydroxylation is 1. The van der Waals surface area contributed by atoms with Crippen molar-refractivity contribution in [3.05, 3.63) is 64.3 Å². The fourth-order valence-corrected chi connectivity index (χ4v) is 4.77. The third kappa shape index (κ3) is 4.65. The molecule has 0 fully saturated rings. The molecule has 0 bridgehead atoms. The van der Waals surface area contributed by atoms with Gasteiger partial charge in [0.2, 0.25) is 0 Å². The summed E-state index contributed by atoms with van der Waals surface area (Å²) in [7, 11) is 1.24. The zero-order chi connectivity index (χ0) is 25.1. The van der Waals surface area contributed by atoms with E-state index in [0.29, 0.717) is 34.3 Å². The Morgan fingerprint density at radius 1 is 1.14 bits per heavy atom. The number of pyridine rings is 1. The highest BCUT2D eigenvalue weighted by Gasteiger charge is 2.27. The molecule has 3 heterocycles. The van der Waals surface area contributed by atoms with E-state index in [4.69, 9.17) is 14.5 Å². The molecule has 180 valence electrons. The summed E-state index contributed by atoms with van der Waals surface area (Å²) in [5.74, 6) is -1.67. The number of aromatic nitrogens is 3. The van der Waals surface area contributed by atoms with Crippen LogP contribution in [-0.4, -0.2) is 46.3 Å². The van der Waals surface area contributed by atoms with Gasteiger partial charge in [0.1, 0.15) is 9.88 Å². The minimum Gasteiger partial charge on any atom is -0.465 e. The Bertz CT molecular complexity index is 1440. The predicted octanol–water partition coefficient (Wildman–Crippen LogP) is 4.70. The molecular formula is C25H24N4O5S. The predicted molar refractivity (Wildman–Crippen MR) is 133 cm³/mol. The Morgan fingerprint density at radius 3 is 2.60 bits per heavy atom. The Balaban J connectivity index is 1.79. The molecule has 1 aromatic carbocycles. The molecule has 9 nitrogen and oxygen atoms in total. The number of methoxy groups -OCH3 is 1. The van der Waals surface area contributed by atoms with E-state index >= 15 is 0 Å². The van der Waals surface area contributed by atoms with Crippen LogP contribution in [-0.2, 0) is 16.0 Å². The molecule has 4 aromatic rings. The van der Waals surface area contributed by atoms with Crippen molar-refractivity contribution in [1.29, 1.82) is 0 Å². The van der Waals surface area contributed by atoms with Crippen molar-refractivity contribution >= 4 is 45.1 Å². The molecule has 0 aliphatic rings. The van der Waals surface area contributed by atoms with Crippen LogP contribution in [0.4, 0.5) is 5.00 Å². The van der Waals surface area contributed by atoms with Gasteiger partial charge in [0, 0.05) is 23.7 Å². The molecule has 3 aromatic heterocycles. The molecule has 0 atom stereocenters. The summed E-state index contributed by atoms with van der Waals surface area (Å²) >= 11 is 0.977. The fourth-order valence-electron chi connectivity index (χ4n) is 3.69. The SMILES string of the molecule is CCOC(=O)c1sc(NC(=O)c2cc(-c3cnn(CC)c3)nc3ccccc23)c(C(=O)OC)c1C. The van der Waals surface area contributed by atoms with Gasteiger partial charge in [0.05, 0.1) is 42.3 Å². The summed E-state index contributed by atoms with van der Waals surface area (Å²) < 4.78 is 11.8. The smallest absolute Gasteiger partial charge is 0.348 e. The van der Waals surface area contributed by atoms with E-state index in [1.165, 1.54) is 7.11 Å². The maximum absolute atomic E-state index is 13.5. The number of anilines is 1. The van der Waals surface area contributed by atoms with Crippen LogP contribution in [0.2, 0.25) is 0 Å². The highest BCUT2D eigenvalue weighted by atomic mass is 32.1. The summed E-state index contributed by atoms with van der Waals surface area (Å²) in [6.45, 7) is 6.19. The number of nitrogens with zero attached hydrogens (tertiary/aromatic N) is 3. The number of benzene rings is 1. The van der Waals surface area contributed by atoms with Gasteiger partial charge in [-0.1, -0.05) is 18.2 Å². The zero-order valence-electron chi connectivity index (χ0n) is 19.7. The van der Waals surface area contributed by atoms with Crippen LogP contribution in [0.5, 0.6) is 0 Å². The number of carbonyl (C=O) groups excluding carboxylic acids is 3. The summed E-state index contributed by atoms with van der Waals surface area (Å²) in [5, 5.41) is 7.97. The summed E-state index contributed by atoms with van der Waals surface area (Å²) in [6.07, 6.45) is 3.56. The van der Waals surface area contributed by atoms with Gasteiger partial charge < -0.3 is 14.8 Å². The van der Waals surface area contributed by atoms with Crippen molar-refractivity contribution in [3.8, 4) is 11.3 Å². The normalized spacial score (nSPS) is 10.9. The fraction of sp³-hybridized carbons (Fsp3) is 0.240. The van der Waals surface area contributed by atoms with Crippen LogP contribution >= 0.6 is 11.3 Å². The lowest BCUT2D eigenvalue weighted by atomic mass is 10.0. The third-order valence-corrected chi connectivity index (χ3v) is 6.63. The van der Waals surface area contributed by atoms with Gasteiger partial charge in [0.25, 0.3) is 5.91 Å². The lowest BCUT2D eigenvalue weighted by Gasteiger charge is -2.10. The number of hydrogen-bond acceptors (Lipinski definition) is 8. The number of para-hydroxylation sites is 1. The third-order valence-electron chi connectivity index (χ3n) is 5.44. The van der Waals surface area contributed by atoms with E-state index < -0.39 is 17.8 Å². The number of ether oxygens (including phenoxy) is 2. The molecule has 4 rings (SSSR count). The Kier molecular flexibility index (Phi) is 6.92. The quantitative estimate of drug-likeness (QED) is 0.372. The van der Waals surface area contributed by atoms with Gasteiger partial charge in [-0.15, -0.1) is 11.3 Å². The molecule has 0 saturated heterocycles. The molecule has 35 heavy (non-hydrogen) atoms. The van der Waals surface area contributed by atoms with Crippen molar-refractivity contribution < 1.29 is 23.9 Å². The van der Waals surface area contributed by atoms with Gasteiger partial charge in [-0.05, 0) is 38.5 Å². The Labute approximate surface area is 205 Å². The highest BCUT2D eigenvalue weighted by Crippen LogP contribution is 2.35. The van der Waals surface area contributed by atoms with Crippen LogP contribution < -0.4 is 5.32 Å². The number of hydrogen-bond donors (Lipinski definition) is 1. The van der Waals surface area contributed by atoms with Gasteiger partial charge in [0.15, 0.2) is 0 Å². The molecule has 0 aliphatic carbocycles. The second-order valence-corrected chi connectivity index (χ2v) is 8.60. The van der Waals surface area contributed by atoms with E-state index in [1.54, 1.807) is 36.9 Å².